The minimum atomic E-state index is 1.22. The second kappa shape index (κ2) is 8.06. The number of nitrogens with zero attached hydrogens (tertiary/aromatic N) is 1. The van der Waals surface area contributed by atoms with Crippen molar-refractivity contribution in [3.05, 3.63) is 0 Å². The number of hydrogen-bond donors (Lipinski definition) is 0. The molecule has 0 spiro atoms. The summed E-state index contributed by atoms with van der Waals surface area (Å²) < 4.78 is 0. The van der Waals surface area contributed by atoms with Crippen molar-refractivity contribution in [1.29, 1.82) is 0 Å². The second-order valence-corrected chi connectivity index (χ2v) is 3.14. The standard InChI is InChI=1S/C10H23N/c1-4-7-9-11(6-3)10-8-5-2/h4-10H2,1-3H3. The lowest BCUT2D eigenvalue weighted by atomic mass is 10.2. The fraction of sp³-hybridized carbons (Fsp3) is 1.00. The molecule has 1 nitrogen and oxygen atoms in total. The molecule has 11 heavy (non-hydrogen) atoms. The Bertz CT molecular complexity index is 63.3. The smallest absolute Gasteiger partial charge is 0.00190 e. The summed E-state index contributed by atoms with van der Waals surface area (Å²) in [6, 6.07) is 0. The van der Waals surface area contributed by atoms with E-state index in [0.29, 0.717) is 0 Å². The second-order valence-electron chi connectivity index (χ2n) is 3.14. The topological polar surface area (TPSA) is 3.24 Å². The van der Waals surface area contributed by atoms with Crippen LogP contribution < -0.4 is 0 Å². The van der Waals surface area contributed by atoms with E-state index in [2.05, 4.69) is 25.7 Å². The molecule has 0 saturated heterocycles. The number of hydrogen-bond acceptors (Lipinski definition) is 1. The minimum absolute atomic E-state index is 1.22. The molecule has 0 unspecified atom stereocenters. The zero-order valence-electron chi connectivity index (χ0n) is 8.40. The maximum absolute atomic E-state index is 2.55. The monoisotopic (exact) mass is 157 g/mol. The van der Waals surface area contributed by atoms with Crippen LogP contribution in [0.1, 0.15) is 46.5 Å². The quantitative estimate of drug-likeness (QED) is 0.549. The Morgan fingerprint density at radius 2 is 1.27 bits per heavy atom. The minimum Gasteiger partial charge on any atom is -0.304 e. The van der Waals surface area contributed by atoms with Gasteiger partial charge in [-0.25, -0.2) is 0 Å². The summed E-state index contributed by atoms with van der Waals surface area (Å²) in [5.41, 5.74) is 0. The average Bonchev–Trinajstić information content (AvgIpc) is 2.05. The summed E-state index contributed by atoms with van der Waals surface area (Å²) >= 11 is 0. The van der Waals surface area contributed by atoms with Gasteiger partial charge in [-0.15, -0.1) is 0 Å². The van der Waals surface area contributed by atoms with E-state index >= 15 is 0 Å². The van der Waals surface area contributed by atoms with Gasteiger partial charge in [0.15, 0.2) is 0 Å². The molecule has 0 aromatic carbocycles. The van der Waals surface area contributed by atoms with E-state index in [9.17, 15) is 0 Å². The number of rotatable bonds is 7. The third-order valence-electron chi connectivity index (χ3n) is 2.10. The zero-order chi connectivity index (χ0) is 8.53. The normalized spacial score (nSPS) is 10.9. The molecule has 0 atom stereocenters. The van der Waals surface area contributed by atoms with Gasteiger partial charge in [-0.3, -0.25) is 0 Å². The van der Waals surface area contributed by atoms with Crippen molar-refractivity contribution in [1.82, 2.24) is 4.90 Å². The molecule has 0 N–H and O–H groups in total. The van der Waals surface area contributed by atoms with Crippen molar-refractivity contribution in [3.63, 3.8) is 0 Å². The van der Waals surface area contributed by atoms with Crippen molar-refractivity contribution in [3.8, 4) is 0 Å². The van der Waals surface area contributed by atoms with Crippen molar-refractivity contribution in [2.75, 3.05) is 19.6 Å². The van der Waals surface area contributed by atoms with Gasteiger partial charge in [0.1, 0.15) is 0 Å². The van der Waals surface area contributed by atoms with E-state index in [-0.39, 0.29) is 0 Å². The van der Waals surface area contributed by atoms with Gasteiger partial charge in [0.25, 0.3) is 0 Å². The summed E-state index contributed by atoms with van der Waals surface area (Å²) in [6.07, 6.45) is 5.36. The molecule has 0 aliphatic carbocycles. The summed E-state index contributed by atoms with van der Waals surface area (Å²) in [7, 11) is 0. The Morgan fingerprint density at radius 3 is 1.55 bits per heavy atom. The van der Waals surface area contributed by atoms with Crippen LogP contribution in [0.3, 0.4) is 0 Å². The molecule has 0 heterocycles. The fourth-order valence-corrected chi connectivity index (χ4v) is 1.19. The first-order valence-corrected chi connectivity index (χ1v) is 5.07. The average molecular weight is 157 g/mol. The van der Waals surface area contributed by atoms with Gasteiger partial charge in [0, 0.05) is 0 Å². The summed E-state index contributed by atoms with van der Waals surface area (Å²) in [5.74, 6) is 0. The molecule has 0 rings (SSSR count). The first-order chi connectivity index (χ1) is 5.35. The van der Waals surface area contributed by atoms with E-state index in [1.807, 2.05) is 0 Å². The van der Waals surface area contributed by atoms with E-state index in [1.54, 1.807) is 0 Å². The summed E-state index contributed by atoms with van der Waals surface area (Å²) in [4.78, 5) is 2.55. The lowest BCUT2D eigenvalue weighted by Gasteiger charge is -2.19. The van der Waals surface area contributed by atoms with Gasteiger partial charge < -0.3 is 4.90 Å². The highest BCUT2D eigenvalue weighted by Crippen LogP contribution is 1.97. The zero-order valence-corrected chi connectivity index (χ0v) is 8.40. The first kappa shape index (κ1) is 11.0. The molecule has 0 fully saturated rings. The molecule has 0 aromatic rings. The molecular weight excluding hydrogens is 134 g/mol. The first-order valence-electron chi connectivity index (χ1n) is 5.07. The highest BCUT2D eigenvalue weighted by Gasteiger charge is 1.98. The maximum Gasteiger partial charge on any atom is -0.00190 e. The van der Waals surface area contributed by atoms with Gasteiger partial charge in [0.2, 0.25) is 0 Å². The Morgan fingerprint density at radius 1 is 0.818 bits per heavy atom. The van der Waals surface area contributed by atoms with Crippen LogP contribution in [0.25, 0.3) is 0 Å². The Balaban J connectivity index is 3.25. The van der Waals surface area contributed by atoms with Crippen molar-refractivity contribution >= 4 is 0 Å². The third kappa shape index (κ3) is 6.36. The SMILES string of the molecule is CCCCN(CC)CCCC. The fourth-order valence-electron chi connectivity index (χ4n) is 1.19. The Hall–Kier alpha value is -0.0400. The molecule has 1 heteroatoms. The Labute approximate surface area is 71.8 Å². The lowest BCUT2D eigenvalue weighted by Crippen LogP contribution is -2.25. The van der Waals surface area contributed by atoms with Crippen LogP contribution in [-0.4, -0.2) is 24.5 Å². The molecule has 0 aliphatic heterocycles. The highest BCUT2D eigenvalue weighted by molar-refractivity contribution is 4.53. The van der Waals surface area contributed by atoms with Crippen LogP contribution in [0.2, 0.25) is 0 Å². The van der Waals surface area contributed by atoms with Crippen LogP contribution in [0.15, 0.2) is 0 Å². The van der Waals surface area contributed by atoms with Gasteiger partial charge >= 0.3 is 0 Å². The van der Waals surface area contributed by atoms with Crippen LogP contribution in [0.4, 0.5) is 0 Å². The van der Waals surface area contributed by atoms with E-state index in [4.69, 9.17) is 0 Å². The molecular formula is C10H23N. The van der Waals surface area contributed by atoms with Gasteiger partial charge in [0.05, 0.1) is 0 Å². The van der Waals surface area contributed by atoms with Crippen molar-refractivity contribution in [2.24, 2.45) is 0 Å². The molecule has 0 aliphatic rings. The lowest BCUT2D eigenvalue weighted by molar-refractivity contribution is 0.279. The Kier molecular flexibility index (Phi) is 8.03. The molecule has 0 aromatic heterocycles. The van der Waals surface area contributed by atoms with E-state index in [0.717, 1.165) is 0 Å². The predicted molar refractivity (Wildman–Crippen MR) is 51.9 cm³/mol. The van der Waals surface area contributed by atoms with Gasteiger partial charge in [-0.1, -0.05) is 33.6 Å². The maximum atomic E-state index is 2.55. The van der Waals surface area contributed by atoms with Crippen LogP contribution in [0, 0.1) is 0 Å². The highest BCUT2D eigenvalue weighted by atomic mass is 15.1. The largest absolute Gasteiger partial charge is 0.304 e. The summed E-state index contributed by atoms with van der Waals surface area (Å²) in [6.45, 7) is 10.6. The molecule has 0 saturated carbocycles. The van der Waals surface area contributed by atoms with Crippen molar-refractivity contribution in [2.45, 2.75) is 46.5 Å². The number of unbranched alkanes of at least 4 members (excludes halogenated alkanes) is 2. The molecule has 68 valence electrons. The predicted octanol–water partition coefficient (Wildman–Crippen LogP) is 2.91. The van der Waals surface area contributed by atoms with Crippen LogP contribution in [0.5, 0.6) is 0 Å². The van der Waals surface area contributed by atoms with Gasteiger partial charge in [-0.05, 0) is 32.5 Å². The van der Waals surface area contributed by atoms with E-state index < -0.39 is 0 Å². The molecule has 0 bridgehead atoms. The molecule has 0 amide bonds. The van der Waals surface area contributed by atoms with Gasteiger partial charge in [-0.2, -0.15) is 0 Å². The van der Waals surface area contributed by atoms with Crippen molar-refractivity contribution < 1.29 is 0 Å². The third-order valence-corrected chi connectivity index (χ3v) is 2.10. The van der Waals surface area contributed by atoms with E-state index in [1.165, 1.54) is 45.3 Å². The molecule has 0 radical (unpaired) electrons. The van der Waals surface area contributed by atoms with Crippen LogP contribution in [-0.2, 0) is 0 Å². The summed E-state index contributed by atoms with van der Waals surface area (Å²) in [5, 5.41) is 0. The van der Waals surface area contributed by atoms with Crippen LogP contribution >= 0.6 is 0 Å².